The van der Waals surface area contributed by atoms with Crippen LogP contribution in [-0.2, 0) is 11.3 Å². The Morgan fingerprint density at radius 2 is 2.12 bits per heavy atom. The second kappa shape index (κ2) is 7.92. The molecule has 1 saturated heterocycles. The van der Waals surface area contributed by atoms with E-state index in [1.54, 1.807) is 25.3 Å². The van der Waals surface area contributed by atoms with Gasteiger partial charge in [0.1, 0.15) is 5.82 Å². The molecule has 136 valence electrons. The fraction of sp³-hybridized carbons (Fsp3) is 0.333. The Labute approximate surface area is 150 Å². The number of anilines is 1. The van der Waals surface area contributed by atoms with Gasteiger partial charge in [0.05, 0.1) is 18.1 Å². The molecule has 1 aromatic carbocycles. The summed E-state index contributed by atoms with van der Waals surface area (Å²) in [6.45, 7) is 4.74. The molecule has 1 aliphatic heterocycles. The Hall–Kier alpha value is -3.00. The van der Waals surface area contributed by atoms with E-state index in [9.17, 15) is 14.9 Å². The fourth-order valence-corrected chi connectivity index (χ4v) is 2.85. The minimum Gasteiger partial charge on any atom is -0.378 e. The van der Waals surface area contributed by atoms with E-state index < -0.39 is 4.92 Å². The Kier molecular flexibility index (Phi) is 5.43. The number of aryl methyl sites for hydroxylation is 1. The number of carbonyl (C=O) groups is 1. The summed E-state index contributed by atoms with van der Waals surface area (Å²) in [6, 6.07) is 8.20. The number of nitro groups is 1. The molecule has 1 aromatic heterocycles. The smallest absolute Gasteiger partial charge is 0.273 e. The average molecular weight is 356 g/mol. The quantitative estimate of drug-likeness (QED) is 0.650. The van der Waals surface area contributed by atoms with Gasteiger partial charge in [0.15, 0.2) is 0 Å². The van der Waals surface area contributed by atoms with Gasteiger partial charge in [-0.25, -0.2) is 4.98 Å². The fourth-order valence-electron chi connectivity index (χ4n) is 2.85. The van der Waals surface area contributed by atoms with Crippen LogP contribution in [-0.4, -0.2) is 42.1 Å². The van der Waals surface area contributed by atoms with Crippen LogP contribution in [0.2, 0.25) is 0 Å². The van der Waals surface area contributed by atoms with Crippen molar-refractivity contribution in [2.24, 2.45) is 0 Å². The second-order valence-corrected chi connectivity index (χ2v) is 6.03. The predicted molar refractivity (Wildman–Crippen MR) is 96.3 cm³/mol. The molecule has 8 heteroatoms. The highest BCUT2D eigenvalue weighted by Crippen LogP contribution is 2.20. The lowest BCUT2D eigenvalue weighted by atomic mass is 10.1. The summed E-state index contributed by atoms with van der Waals surface area (Å²) in [5.41, 5.74) is 1.62. The number of pyridine rings is 1. The number of rotatable bonds is 5. The summed E-state index contributed by atoms with van der Waals surface area (Å²) in [6.07, 6.45) is 1.72. The normalized spacial score (nSPS) is 14.1. The lowest BCUT2D eigenvalue weighted by molar-refractivity contribution is -0.385. The van der Waals surface area contributed by atoms with E-state index in [1.807, 2.05) is 12.1 Å². The topological polar surface area (TPSA) is 97.6 Å². The maximum atomic E-state index is 12.4. The van der Waals surface area contributed by atoms with Crippen molar-refractivity contribution in [1.82, 2.24) is 10.3 Å². The van der Waals surface area contributed by atoms with Crippen molar-refractivity contribution in [2.75, 3.05) is 31.2 Å². The summed E-state index contributed by atoms with van der Waals surface area (Å²) in [5, 5.41) is 13.9. The molecule has 1 fully saturated rings. The molecule has 3 rings (SSSR count). The van der Waals surface area contributed by atoms with Gasteiger partial charge in [-0.3, -0.25) is 14.9 Å². The van der Waals surface area contributed by atoms with E-state index in [0.717, 1.165) is 24.5 Å². The molecule has 2 aromatic rings. The first-order valence-electron chi connectivity index (χ1n) is 8.36. The number of nitro benzene ring substituents is 1. The summed E-state index contributed by atoms with van der Waals surface area (Å²) in [4.78, 5) is 29.5. The van der Waals surface area contributed by atoms with E-state index in [2.05, 4.69) is 15.2 Å². The number of amides is 1. The highest BCUT2D eigenvalue weighted by Gasteiger charge is 2.18. The van der Waals surface area contributed by atoms with Crippen molar-refractivity contribution < 1.29 is 14.5 Å². The largest absolute Gasteiger partial charge is 0.378 e. The van der Waals surface area contributed by atoms with Crippen LogP contribution in [0.1, 0.15) is 21.5 Å². The number of hydrogen-bond acceptors (Lipinski definition) is 6. The molecule has 1 amide bonds. The van der Waals surface area contributed by atoms with E-state index in [1.165, 1.54) is 6.07 Å². The van der Waals surface area contributed by atoms with Crippen molar-refractivity contribution in [2.45, 2.75) is 13.5 Å². The first-order valence-corrected chi connectivity index (χ1v) is 8.36. The molecule has 2 heterocycles. The lowest BCUT2D eigenvalue weighted by Crippen LogP contribution is -2.37. The number of nitrogens with one attached hydrogen (secondary N) is 1. The minimum atomic E-state index is -0.482. The molecule has 0 unspecified atom stereocenters. The first kappa shape index (κ1) is 17.8. The van der Waals surface area contributed by atoms with Gasteiger partial charge in [0, 0.05) is 48.6 Å². The summed E-state index contributed by atoms with van der Waals surface area (Å²) in [7, 11) is 0. The predicted octanol–water partition coefficient (Wildman–Crippen LogP) is 2.06. The number of benzene rings is 1. The molecule has 0 bridgehead atoms. The number of nitrogens with zero attached hydrogens (tertiary/aromatic N) is 3. The molecule has 0 spiro atoms. The van der Waals surface area contributed by atoms with Crippen molar-refractivity contribution in [3.63, 3.8) is 0 Å². The van der Waals surface area contributed by atoms with Gasteiger partial charge in [-0.2, -0.15) is 0 Å². The van der Waals surface area contributed by atoms with Crippen molar-refractivity contribution in [1.29, 1.82) is 0 Å². The number of ether oxygens (including phenoxy) is 1. The zero-order valence-electron chi connectivity index (χ0n) is 14.5. The third-order valence-electron chi connectivity index (χ3n) is 4.29. The molecule has 0 atom stereocenters. The van der Waals surface area contributed by atoms with Gasteiger partial charge in [0.2, 0.25) is 0 Å². The van der Waals surface area contributed by atoms with Crippen LogP contribution in [0.3, 0.4) is 0 Å². The number of carbonyl (C=O) groups excluding carboxylic acids is 1. The molecule has 8 nitrogen and oxygen atoms in total. The van der Waals surface area contributed by atoms with Crippen LogP contribution in [0.4, 0.5) is 11.5 Å². The standard InChI is InChI=1S/C18H20N4O4/c1-13-4-5-14(11-16(13)22(24)25)18(23)20-12-15-3-2-6-19-17(15)21-7-9-26-10-8-21/h2-6,11H,7-10,12H2,1H3,(H,20,23). The third-order valence-corrected chi connectivity index (χ3v) is 4.29. The molecule has 0 aliphatic carbocycles. The highest BCUT2D eigenvalue weighted by atomic mass is 16.6. The summed E-state index contributed by atoms with van der Waals surface area (Å²) in [5.74, 6) is 0.468. The summed E-state index contributed by atoms with van der Waals surface area (Å²) >= 11 is 0. The molecule has 0 saturated carbocycles. The molecule has 1 aliphatic rings. The average Bonchev–Trinajstić information content (AvgIpc) is 2.67. The van der Waals surface area contributed by atoms with Gasteiger partial charge in [-0.15, -0.1) is 0 Å². The van der Waals surface area contributed by atoms with Gasteiger partial charge in [-0.05, 0) is 19.1 Å². The van der Waals surface area contributed by atoms with Crippen LogP contribution in [0.15, 0.2) is 36.5 Å². The van der Waals surface area contributed by atoms with Crippen molar-refractivity contribution in [3.8, 4) is 0 Å². The zero-order chi connectivity index (χ0) is 18.5. The second-order valence-electron chi connectivity index (χ2n) is 6.03. The third kappa shape index (κ3) is 3.97. The van der Waals surface area contributed by atoms with E-state index in [0.29, 0.717) is 25.3 Å². The van der Waals surface area contributed by atoms with Crippen LogP contribution < -0.4 is 10.2 Å². The number of morpholine rings is 1. The summed E-state index contributed by atoms with van der Waals surface area (Å²) < 4.78 is 5.36. The van der Waals surface area contributed by atoms with Crippen LogP contribution in [0.25, 0.3) is 0 Å². The SMILES string of the molecule is Cc1ccc(C(=O)NCc2cccnc2N2CCOCC2)cc1[N+](=O)[O-]. The molecular formula is C18H20N4O4. The Morgan fingerprint density at radius 1 is 1.35 bits per heavy atom. The molecule has 1 N–H and O–H groups in total. The van der Waals surface area contributed by atoms with Crippen LogP contribution in [0, 0.1) is 17.0 Å². The zero-order valence-corrected chi connectivity index (χ0v) is 14.5. The van der Waals surface area contributed by atoms with E-state index >= 15 is 0 Å². The number of hydrogen-bond donors (Lipinski definition) is 1. The van der Waals surface area contributed by atoms with Crippen LogP contribution in [0.5, 0.6) is 0 Å². The number of aromatic nitrogens is 1. The lowest BCUT2D eigenvalue weighted by Gasteiger charge is -2.29. The minimum absolute atomic E-state index is 0.0620. The monoisotopic (exact) mass is 356 g/mol. The van der Waals surface area contributed by atoms with Crippen molar-refractivity contribution in [3.05, 3.63) is 63.3 Å². The maximum Gasteiger partial charge on any atom is 0.273 e. The maximum absolute atomic E-state index is 12.4. The van der Waals surface area contributed by atoms with Gasteiger partial charge >= 0.3 is 0 Å². The van der Waals surface area contributed by atoms with Crippen molar-refractivity contribution >= 4 is 17.4 Å². The molecule has 26 heavy (non-hydrogen) atoms. The van der Waals surface area contributed by atoms with Gasteiger partial charge in [-0.1, -0.05) is 12.1 Å². The van der Waals surface area contributed by atoms with E-state index in [-0.39, 0.29) is 17.2 Å². The highest BCUT2D eigenvalue weighted by molar-refractivity contribution is 5.95. The molecular weight excluding hydrogens is 336 g/mol. The molecule has 0 radical (unpaired) electrons. The Morgan fingerprint density at radius 3 is 2.85 bits per heavy atom. The first-order chi connectivity index (χ1) is 12.6. The van der Waals surface area contributed by atoms with Gasteiger partial charge < -0.3 is 15.0 Å². The van der Waals surface area contributed by atoms with E-state index in [4.69, 9.17) is 4.74 Å². The Balaban J connectivity index is 1.72. The van der Waals surface area contributed by atoms with Gasteiger partial charge in [0.25, 0.3) is 11.6 Å². The Bertz CT molecular complexity index is 819. The van der Waals surface area contributed by atoms with Crippen LogP contribution >= 0.6 is 0 Å².